The number of nitrogens with one attached hydrogen (secondary N) is 1. The Morgan fingerprint density at radius 2 is 1.93 bits per heavy atom. The molecular formula is C22H21N3OS. The second kappa shape index (κ2) is 7.76. The van der Waals surface area contributed by atoms with Crippen molar-refractivity contribution >= 4 is 28.6 Å². The van der Waals surface area contributed by atoms with Gasteiger partial charge in [-0.05, 0) is 17.5 Å². The first-order valence-electron chi connectivity index (χ1n) is 8.96. The van der Waals surface area contributed by atoms with Crippen molar-refractivity contribution in [3.8, 4) is 0 Å². The number of hydrogen-bond acceptors (Lipinski definition) is 4. The van der Waals surface area contributed by atoms with Gasteiger partial charge in [-0.3, -0.25) is 9.79 Å². The summed E-state index contributed by atoms with van der Waals surface area (Å²) in [5, 5.41) is 6.84. The summed E-state index contributed by atoms with van der Waals surface area (Å²) in [7, 11) is 2.07. The summed E-state index contributed by atoms with van der Waals surface area (Å²) in [5.74, 6) is -0.0329. The van der Waals surface area contributed by atoms with Gasteiger partial charge in [0, 0.05) is 41.4 Å². The molecule has 2 heterocycles. The first kappa shape index (κ1) is 17.5. The first-order chi connectivity index (χ1) is 13.2. The molecule has 27 heavy (non-hydrogen) atoms. The standard InChI is InChI=1S/C22H21N3OS/c1-25-18(14-24-22(26)17-11-12-27-15-17)13-23-21(16-7-3-2-4-8-16)19-9-5-6-10-20(19)25/h2-12,15,18H,13-14H2,1H3,(H,24,26). The van der Waals surface area contributed by atoms with Crippen LogP contribution in [-0.4, -0.2) is 37.8 Å². The molecule has 3 aromatic rings. The van der Waals surface area contributed by atoms with E-state index in [0.717, 1.165) is 22.5 Å². The number of hydrogen-bond donors (Lipinski definition) is 1. The van der Waals surface area contributed by atoms with Gasteiger partial charge < -0.3 is 10.2 Å². The van der Waals surface area contributed by atoms with Crippen LogP contribution in [0.1, 0.15) is 21.5 Å². The van der Waals surface area contributed by atoms with E-state index in [4.69, 9.17) is 4.99 Å². The highest BCUT2D eigenvalue weighted by atomic mass is 32.1. The number of nitrogens with zero attached hydrogens (tertiary/aromatic N) is 2. The van der Waals surface area contributed by atoms with E-state index in [1.807, 2.05) is 47.2 Å². The van der Waals surface area contributed by atoms with Crippen molar-refractivity contribution in [1.29, 1.82) is 0 Å². The first-order valence-corrected chi connectivity index (χ1v) is 9.91. The highest BCUT2D eigenvalue weighted by Crippen LogP contribution is 2.27. The number of benzene rings is 2. The van der Waals surface area contributed by atoms with Gasteiger partial charge in [0.1, 0.15) is 0 Å². The predicted molar refractivity (Wildman–Crippen MR) is 112 cm³/mol. The van der Waals surface area contributed by atoms with Crippen molar-refractivity contribution in [2.24, 2.45) is 4.99 Å². The van der Waals surface area contributed by atoms with E-state index in [9.17, 15) is 4.79 Å². The van der Waals surface area contributed by atoms with E-state index < -0.39 is 0 Å². The lowest BCUT2D eigenvalue weighted by Gasteiger charge is -2.28. The molecule has 0 fully saturated rings. The number of anilines is 1. The van der Waals surface area contributed by atoms with Gasteiger partial charge in [0.25, 0.3) is 5.91 Å². The van der Waals surface area contributed by atoms with Crippen molar-refractivity contribution < 1.29 is 4.79 Å². The zero-order chi connectivity index (χ0) is 18.6. The maximum Gasteiger partial charge on any atom is 0.252 e. The fraction of sp³-hybridized carbons (Fsp3) is 0.182. The maximum atomic E-state index is 12.3. The van der Waals surface area contributed by atoms with Gasteiger partial charge in [-0.15, -0.1) is 0 Å². The van der Waals surface area contributed by atoms with E-state index in [1.165, 1.54) is 11.3 Å². The third kappa shape index (κ3) is 3.64. The summed E-state index contributed by atoms with van der Waals surface area (Å²) in [5.41, 5.74) is 5.08. The SMILES string of the molecule is CN1c2ccccc2C(c2ccccc2)=NCC1CNC(=O)c1ccsc1. The molecule has 1 N–H and O–H groups in total. The molecule has 0 spiro atoms. The summed E-state index contributed by atoms with van der Waals surface area (Å²) >= 11 is 1.53. The van der Waals surface area contributed by atoms with E-state index in [0.29, 0.717) is 18.7 Å². The Labute approximate surface area is 163 Å². The van der Waals surface area contributed by atoms with Gasteiger partial charge in [-0.2, -0.15) is 11.3 Å². The lowest BCUT2D eigenvalue weighted by Crippen LogP contribution is -2.43. The second-order valence-corrected chi connectivity index (χ2v) is 7.34. The molecule has 0 saturated carbocycles. The van der Waals surface area contributed by atoms with Crippen LogP contribution in [-0.2, 0) is 0 Å². The minimum absolute atomic E-state index is 0.0329. The molecule has 1 aromatic heterocycles. The van der Waals surface area contributed by atoms with Gasteiger partial charge in [0.15, 0.2) is 0 Å². The number of benzodiazepines with no additional fused rings is 1. The normalized spacial score (nSPS) is 16.3. The summed E-state index contributed by atoms with van der Waals surface area (Å²) in [6.45, 7) is 1.17. The van der Waals surface area contributed by atoms with Crippen molar-refractivity contribution in [2.45, 2.75) is 6.04 Å². The average molecular weight is 375 g/mol. The van der Waals surface area contributed by atoms with Crippen LogP contribution in [0.5, 0.6) is 0 Å². The Kier molecular flexibility index (Phi) is 5.03. The molecule has 2 aromatic carbocycles. The van der Waals surface area contributed by atoms with Crippen LogP contribution in [0.15, 0.2) is 76.4 Å². The molecular weight excluding hydrogens is 354 g/mol. The summed E-state index contributed by atoms with van der Waals surface area (Å²) in [4.78, 5) is 19.5. The lowest BCUT2D eigenvalue weighted by atomic mass is 10.0. The van der Waals surface area contributed by atoms with E-state index >= 15 is 0 Å². The molecule has 4 rings (SSSR count). The molecule has 136 valence electrons. The number of amides is 1. The number of para-hydroxylation sites is 1. The number of rotatable bonds is 4. The number of carbonyl (C=O) groups is 1. The summed E-state index contributed by atoms with van der Waals surface area (Å²) < 4.78 is 0. The quantitative estimate of drug-likeness (QED) is 0.753. The van der Waals surface area contributed by atoms with Gasteiger partial charge in [-0.25, -0.2) is 0 Å². The average Bonchev–Trinajstić information content (AvgIpc) is 3.21. The second-order valence-electron chi connectivity index (χ2n) is 6.56. The minimum atomic E-state index is -0.0329. The third-order valence-corrected chi connectivity index (χ3v) is 5.56. The zero-order valence-electron chi connectivity index (χ0n) is 15.1. The number of likely N-dealkylation sites (N-methyl/N-ethyl adjacent to an activating group) is 1. The van der Waals surface area contributed by atoms with Crippen LogP contribution >= 0.6 is 11.3 Å². The molecule has 0 bridgehead atoms. The predicted octanol–water partition coefficient (Wildman–Crippen LogP) is 3.83. The monoisotopic (exact) mass is 375 g/mol. The van der Waals surface area contributed by atoms with E-state index in [-0.39, 0.29) is 11.9 Å². The molecule has 1 aliphatic rings. The van der Waals surface area contributed by atoms with Crippen molar-refractivity contribution in [3.05, 3.63) is 88.1 Å². The van der Waals surface area contributed by atoms with Gasteiger partial charge >= 0.3 is 0 Å². The smallest absolute Gasteiger partial charge is 0.252 e. The highest BCUT2D eigenvalue weighted by molar-refractivity contribution is 7.08. The molecule has 1 aliphatic heterocycles. The van der Waals surface area contributed by atoms with Gasteiger partial charge in [-0.1, -0.05) is 48.5 Å². The summed E-state index contributed by atoms with van der Waals surface area (Å²) in [6.07, 6.45) is 0. The number of fused-ring (bicyclic) bond motifs is 1. The van der Waals surface area contributed by atoms with Crippen LogP contribution in [0.3, 0.4) is 0 Å². The Morgan fingerprint density at radius 1 is 1.15 bits per heavy atom. The van der Waals surface area contributed by atoms with Crippen molar-refractivity contribution in [2.75, 3.05) is 25.0 Å². The number of thiophene rings is 1. The van der Waals surface area contributed by atoms with Crippen LogP contribution in [0.2, 0.25) is 0 Å². The third-order valence-electron chi connectivity index (χ3n) is 4.88. The Hall–Kier alpha value is -2.92. The Balaban J connectivity index is 1.61. The minimum Gasteiger partial charge on any atom is -0.367 e. The van der Waals surface area contributed by atoms with Crippen LogP contribution in [0.4, 0.5) is 5.69 Å². The van der Waals surface area contributed by atoms with E-state index in [2.05, 4.69) is 41.5 Å². The lowest BCUT2D eigenvalue weighted by molar-refractivity contribution is 0.0952. The molecule has 5 heteroatoms. The topological polar surface area (TPSA) is 44.7 Å². The highest BCUT2D eigenvalue weighted by Gasteiger charge is 2.24. The number of aliphatic imine (C=N–C) groups is 1. The van der Waals surface area contributed by atoms with E-state index in [1.54, 1.807) is 0 Å². The molecule has 4 nitrogen and oxygen atoms in total. The molecule has 1 amide bonds. The van der Waals surface area contributed by atoms with Crippen LogP contribution in [0.25, 0.3) is 0 Å². The molecule has 0 radical (unpaired) electrons. The molecule has 1 unspecified atom stereocenters. The fourth-order valence-corrected chi connectivity index (χ4v) is 3.97. The molecule has 1 atom stereocenters. The maximum absolute atomic E-state index is 12.3. The zero-order valence-corrected chi connectivity index (χ0v) is 15.9. The number of carbonyl (C=O) groups excluding carboxylic acids is 1. The largest absolute Gasteiger partial charge is 0.367 e. The van der Waals surface area contributed by atoms with Gasteiger partial charge in [0.2, 0.25) is 0 Å². The van der Waals surface area contributed by atoms with Crippen LogP contribution in [0, 0.1) is 0 Å². The Bertz CT molecular complexity index is 951. The van der Waals surface area contributed by atoms with Crippen LogP contribution < -0.4 is 10.2 Å². The fourth-order valence-electron chi connectivity index (χ4n) is 3.33. The molecule has 0 aliphatic carbocycles. The Morgan fingerprint density at radius 3 is 2.70 bits per heavy atom. The van der Waals surface area contributed by atoms with Gasteiger partial charge in [0.05, 0.1) is 18.3 Å². The summed E-state index contributed by atoms with van der Waals surface area (Å²) in [6, 6.07) is 20.5. The van der Waals surface area contributed by atoms with Crippen molar-refractivity contribution in [3.63, 3.8) is 0 Å². The molecule has 0 saturated heterocycles. The van der Waals surface area contributed by atoms with Crippen molar-refractivity contribution in [1.82, 2.24) is 5.32 Å².